The van der Waals surface area contributed by atoms with Gasteiger partial charge in [-0.2, -0.15) is 0 Å². The van der Waals surface area contributed by atoms with Crippen LogP contribution in [0.15, 0.2) is 17.0 Å². The van der Waals surface area contributed by atoms with Gasteiger partial charge in [-0.05, 0) is 41.6 Å². The van der Waals surface area contributed by atoms with E-state index in [0.29, 0.717) is 0 Å². The predicted molar refractivity (Wildman–Crippen MR) is 113 cm³/mol. The van der Waals surface area contributed by atoms with Crippen LogP contribution in [0.4, 0.5) is 0 Å². The Morgan fingerprint density at radius 2 is 1.38 bits per heavy atom. The molecule has 24 heavy (non-hydrogen) atoms. The van der Waals surface area contributed by atoms with Crippen LogP contribution in [0.2, 0.25) is 0 Å². The van der Waals surface area contributed by atoms with E-state index in [1.54, 1.807) is 7.11 Å². The lowest BCUT2D eigenvalue weighted by molar-refractivity contribution is 0.380. The van der Waals surface area contributed by atoms with Gasteiger partial charge >= 0.3 is 0 Å². The monoisotopic (exact) mass is 414 g/mol. The van der Waals surface area contributed by atoms with Crippen molar-refractivity contribution >= 4 is 27.7 Å². The van der Waals surface area contributed by atoms with Crippen molar-refractivity contribution in [2.75, 3.05) is 18.2 Å². The second-order valence-electron chi connectivity index (χ2n) is 8.50. The molecule has 0 bridgehead atoms. The standard InChI is InChI=1S/C21H35BrOS/c1-20(2,3)17-14-16(24-13-11-9-8-10-12-22)15-18(19(17)23-7)21(4,5)6/h14-15H,8-13H2,1-7H3. The quantitative estimate of drug-likeness (QED) is 0.250. The zero-order valence-electron chi connectivity index (χ0n) is 16.6. The van der Waals surface area contributed by atoms with Crippen LogP contribution in [-0.4, -0.2) is 18.2 Å². The Hall–Kier alpha value is -0.150. The highest BCUT2D eigenvalue weighted by molar-refractivity contribution is 9.09. The van der Waals surface area contributed by atoms with Crippen LogP contribution in [0, 0.1) is 0 Å². The van der Waals surface area contributed by atoms with Gasteiger partial charge in [0.25, 0.3) is 0 Å². The molecule has 0 heterocycles. The minimum atomic E-state index is 0.0811. The molecule has 0 atom stereocenters. The molecule has 0 spiro atoms. The predicted octanol–water partition coefficient (Wildman–Crippen LogP) is 7.34. The van der Waals surface area contributed by atoms with Gasteiger partial charge in [-0.25, -0.2) is 0 Å². The van der Waals surface area contributed by atoms with Crippen LogP contribution >= 0.6 is 27.7 Å². The first-order valence-electron chi connectivity index (χ1n) is 9.03. The van der Waals surface area contributed by atoms with Crippen LogP contribution < -0.4 is 4.74 Å². The molecule has 0 saturated heterocycles. The first-order valence-corrected chi connectivity index (χ1v) is 11.1. The third kappa shape index (κ3) is 6.63. The average Bonchev–Trinajstić information content (AvgIpc) is 2.48. The fraction of sp³-hybridized carbons (Fsp3) is 0.714. The number of hydrogen-bond donors (Lipinski definition) is 0. The number of halogens is 1. The SMILES string of the molecule is COc1c(C(C)(C)C)cc(SCCCCCCBr)cc1C(C)(C)C. The molecule has 0 aliphatic rings. The molecule has 0 unspecified atom stereocenters. The number of alkyl halides is 1. The van der Waals surface area contributed by atoms with E-state index in [1.165, 1.54) is 47.5 Å². The van der Waals surface area contributed by atoms with Crippen LogP contribution in [0.1, 0.15) is 78.4 Å². The van der Waals surface area contributed by atoms with Gasteiger partial charge in [-0.3, -0.25) is 0 Å². The van der Waals surface area contributed by atoms with E-state index in [2.05, 4.69) is 69.6 Å². The van der Waals surface area contributed by atoms with Crippen molar-refractivity contribution in [3.05, 3.63) is 23.3 Å². The van der Waals surface area contributed by atoms with Gasteiger partial charge in [0, 0.05) is 21.4 Å². The summed E-state index contributed by atoms with van der Waals surface area (Å²) in [6, 6.07) is 4.69. The van der Waals surface area contributed by atoms with Crippen LogP contribution in [0.25, 0.3) is 0 Å². The maximum Gasteiger partial charge on any atom is 0.126 e. The number of unbranched alkanes of at least 4 members (excludes halogenated alkanes) is 3. The third-order valence-corrected chi connectivity index (χ3v) is 5.80. The molecule has 0 N–H and O–H groups in total. The van der Waals surface area contributed by atoms with Crippen LogP contribution in [0.5, 0.6) is 5.75 Å². The highest BCUT2D eigenvalue weighted by Gasteiger charge is 2.27. The van der Waals surface area contributed by atoms with Gasteiger partial charge < -0.3 is 4.74 Å². The molecule has 0 fully saturated rings. The molecular formula is C21H35BrOS. The highest BCUT2D eigenvalue weighted by Crippen LogP contribution is 2.42. The first-order chi connectivity index (χ1) is 11.1. The lowest BCUT2D eigenvalue weighted by Crippen LogP contribution is -2.19. The molecule has 0 amide bonds. The Morgan fingerprint density at radius 3 is 1.79 bits per heavy atom. The number of methoxy groups -OCH3 is 1. The van der Waals surface area contributed by atoms with Crippen molar-refractivity contribution in [1.29, 1.82) is 0 Å². The van der Waals surface area contributed by atoms with Crippen molar-refractivity contribution in [3.8, 4) is 5.75 Å². The van der Waals surface area contributed by atoms with Crippen molar-refractivity contribution < 1.29 is 4.74 Å². The second kappa shape index (κ2) is 9.52. The number of ether oxygens (including phenoxy) is 1. The lowest BCUT2D eigenvalue weighted by atomic mass is 9.79. The largest absolute Gasteiger partial charge is 0.496 e. The molecule has 0 aromatic heterocycles. The summed E-state index contributed by atoms with van der Waals surface area (Å²) >= 11 is 5.50. The summed E-state index contributed by atoms with van der Waals surface area (Å²) in [6.45, 7) is 13.6. The molecule has 1 nitrogen and oxygen atoms in total. The number of rotatable bonds is 8. The summed E-state index contributed by atoms with van der Waals surface area (Å²) < 4.78 is 5.84. The maximum atomic E-state index is 5.84. The molecule has 3 heteroatoms. The van der Waals surface area contributed by atoms with Crippen molar-refractivity contribution in [2.45, 2.75) is 83.0 Å². The van der Waals surface area contributed by atoms with E-state index >= 15 is 0 Å². The third-order valence-electron chi connectivity index (χ3n) is 4.18. The van der Waals surface area contributed by atoms with Gasteiger partial charge in [0.05, 0.1) is 7.11 Å². The molecule has 1 aromatic carbocycles. The van der Waals surface area contributed by atoms with Crippen molar-refractivity contribution in [3.63, 3.8) is 0 Å². The minimum Gasteiger partial charge on any atom is -0.496 e. The molecule has 0 saturated carbocycles. The maximum absolute atomic E-state index is 5.84. The van der Waals surface area contributed by atoms with E-state index in [0.717, 1.165) is 11.1 Å². The van der Waals surface area contributed by atoms with Gasteiger partial charge in [-0.1, -0.05) is 70.3 Å². The molecule has 1 aromatic rings. The van der Waals surface area contributed by atoms with Crippen LogP contribution in [0.3, 0.4) is 0 Å². The minimum absolute atomic E-state index is 0.0811. The Kier molecular flexibility index (Phi) is 8.68. The number of thioether (sulfide) groups is 1. The summed E-state index contributed by atoms with van der Waals surface area (Å²) in [5, 5.41) is 1.13. The molecule has 0 radical (unpaired) electrons. The lowest BCUT2D eigenvalue weighted by Gasteiger charge is -2.29. The van der Waals surface area contributed by atoms with E-state index in [9.17, 15) is 0 Å². The van der Waals surface area contributed by atoms with Crippen molar-refractivity contribution in [1.82, 2.24) is 0 Å². The average molecular weight is 415 g/mol. The molecule has 0 aliphatic carbocycles. The van der Waals surface area contributed by atoms with Crippen LogP contribution in [-0.2, 0) is 10.8 Å². The van der Waals surface area contributed by atoms with Gasteiger partial charge in [-0.15, -0.1) is 11.8 Å². The van der Waals surface area contributed by atoms with Gasteiger partial charge in [0.1, 0.15) is 5.75 Å². The van der Waals surface area contributed by atoms with Gasteiger partial charge in [0.2, 0.25) is 0 Å². The second-order valence-corrected chi connectivity index (χ2v) is 10.5. The first kappa shape index (κ1) is 21.9. The Balaban J connectivity index is 3.01. The molecular weight excluding hydrogens is 380 g/mol. The Labute approximate surface area is 162 Å². The summed E-state index contributed by atoms with van der Waals surface area (Å²) in [7, 11) is 1.80. The fourth-order valence-corrected chi connectivity index (χ4v) is 4.14. The normalized spacial score (nSPS) is 12.5. The van der Waals surface area contributed by atoms with E-state index in [-0.39, 0.29) is 10.8 Å². The topological polar surface area (TPSA) is 9.23 Å². The highest BCUT2D eigenvalue weighted by atomic mass is 79.9. The molecule has 0 aliphatic heterocycles. The number of benzene rings is 1. The zero-order chi connectivity index (χ0) is 18.4. The molecule has 138 valence electrons. The summed E-state index contributed by atoms with van der Waals surface area (Å²) in [4.78, 5) is 1.38. The van der Waals surface area contributed by atoms with E-state index < -0.39 is 0 Å². The summed E-state index contributed by atoms with van der Waals surface area (Å²) in [6.07, 6.45) is 5.23. The molecule has 1 rings (SSSR count). The van der Waals surface area contributed by atoms with E-state index in [4.69, 9.17) is 4.74 Å². The van der Waals surface area contributed by atoms with E-state index in [1.807, 2.05) is 11.8 Å². The fourth-order valence-electron chi connectivity index (χ4n) is 2.76. The van der Waals surface area contributed by atoms with Crippen molar-refractivity contribution in [2.24, 2.45) is 0 Å². The Morgan fingerprint density at radius 1 is 0.875 bits per heavy atom. The Bertz CT molecular complexity index is 477. The smallest absolute Gasteiger partial charge is 0.126 e. The number of hydrogen-bond acceptors (Lipinski definition) is 2. The summed E-state index contributed by atoms with van der Waals surface area (Å²) in [5.74, 6) is 2.26. The van der Waals surface area contributed by atoms with Gasteiger partial charge in [0.15, 0.2) is 0 Å². The summed E-state index contributed by atoms with van der Waals surface area (Å²) in [5.41, 5.74) is 2.80. The zero-order valence-corrected chi connectivity index (χ0v) is 19.0.